The highest BCUT2D eigenvalue weighted by molar-refractivity contribution is 6.32. The number of halogens is 1. The number of aliphatic imine (C=N–C) groups is 1. The van der Waals surface area contributed by atoms with Gasteiger partial charge < -0.3 is 14.8 Å². The van der Waals surface area contributed by atoms with E-state index in [1.807, 2.05) is 12.1 Å². The summed E-state index contributed by atoms with van der Waals surface area (Å²) in [6.07, 6.45) is 7.59. The molecule has 0 spiro atoms. The molecule has 0 bridgehead atoms. The Morgan fingerprint density at radius 1 is 1.03 bits per heavy atom. The third-order valence-corrected chi connectivity index (χ3v) is 6.87. The molecule has 0 amide bonds. The van der Waals surface area contributed by atoms with Crippen molar-refractivity contribution in [3.8, 4) is 11.5 Å². The smallest absolute Gasteiger partial charge is 0.179 e. The van der Waals surface area contributed by atoms with Crippen molar-refractivity contribution in [2.24, 2.45) is 10.9 Å². The lowest BCUT2D eigenvalue weighted by Crippen LogP contribution is -2.29. The molecule has 0 aromatic heterocycles. The molecule has 5 rings (SSSR count). The first-order chi connectivity index (χ1) is 16.1. The van der Waals surface area contributed by atoms with Crippen molar-refractivity contribution in [1.29, 1.82) is 0 Å². The Hall–Kier alpha value is -3.24. The molecule has 0 radical (unpaired) electrons. The number of benzene rings is 3. The van der Waals surface area contributed by atoms with Crippen molar-refractivity contribution in [1.82, 2.24) is 0 Å². The molecule has 5 heteroatoms. The lowest BCUT2D eigenvalue weighted by Gasteiger charge is -2.37. The Balaban J connectivity index is 1.37. The molecule has 3 atom stereocenters. The van der Waals surface area contributed by atoms with Crippen molar-refractivity contribution in [2.75, 3.05) is 19.5 Å². The third kappa shape index (κ3) is 4.11. The van der Waals surface area contributed by atoms with E-state index in [4.69, 9.17) is 21.1 Å². The van der Waals surface area contributed by atoms with E-state index in [2.05, 4.69) is 71.8 Å². The lowest BCUT2D eigenvalue weighted by molar-refractivity contribution is 0.355. The fourth-order valence-electron chi connectivity index (χ4n) is 4.97. The van der Waals surface area contributed by atoms with Crippen molar-refractivity contribution in [3.05, 3.63) is 94.0 Å². The molecule has 168 valence electrons. The summed E-state index contributed by atoms with van der Waals surface area (Å²) in [5, 5.41) is 4.29. The molecule has 1 heterocycles. The van der Waals surface area contributed by atoms with E-state index in [9.17, 15) is 0 Å². The molecule has 3 aromatic carbocycles. The molecule has 1 aliphatic carbocycles. The number of nitrogens with one attached hydrogen (secondary N) is 1. The fraction of sp³-hybridized carbons (Fsp3) is 0.250. The predicted octanol–water partition coefficient (Wildman–Crippen LogP) is 7.24. The van der Waals surface area contributed by atoms with Gasteiger partial charge in [-0.05, 0) is 66.3 Å². The maximum atomic E-state index is 6.31. The molecular formula is C28H27ClN2O2. The molecule has 4 nitrogen and oxygen atoms in total. The van der Waals surface area contributed by atoms with E-state index in [1.54, 1.807) is 20.4 Å². The van der Waals surface area contributed by atoms with Gasteiger partial charge in [-0.25, -0.2) is 0 Å². The fourth-order valence-corrected chi connectivity index (χ4v) is 5.27. The first-order valence-corrected chi connectivity index (χ1v) is 11.5. The highest BCUT2D eigenvalue weighted by Crippen LogP contribution is 2.50. The third-order valence-electron chi connectivity index (χ3n) is 6.59. The van der Waals surface area contributed by atoms with E-state index < -0.39 is 0 Å². The average molecular weight is 459 g/mol. The summed E-state index contributed by atoms with van der Waals surface area (Å²) >= 11 is 6.31. The second kappa shape index (κ2) is 8.95. The summed E-state index contributed by atoms with van der Waals surface area (Å²) in [6.45, 7) is 2.16. The molecule has 33 heavy (non-hydrogen) atoms. The summed E-state index contributed by atoms with van der Waals surface area (Å²) in [7, 11) is 3.17. The average Bonchev–Trinajstić information content (AvgIpc) is 3.33. The molecule has 2 aliphatic rings. The second-order valence-corrected chi connectivity index (χ2v) is 9.06. The lowest BCUT2D eigenvalue weighted by atomic mass is 9.76. The van der Waals surface area contributed by atoms with Crippen LogP contribution in [0.15, 0.2) is 71.7 Å². The zero-order valence-electron chi connectivity index (χ0n) is 19.0. The summed E-state index contributed by atoms with van der Waals surface area (Å²) in [6, 6.07) is 19.2. The molecule has 0 saturated carbocycles. The van der Waals surface area contributed by atoms with Gasteiger partial charge in [0.2, 0.25) is 0 Å². The maximum Gasteiger partial charge on any atom is 0.179 e. The van der Waals surface area contributed by atoms with Crippen molar-refractivity contribution >= 4 is 29.2 Å². The van der Waals surface area contributed by atoms with Gasteiger partial charge in [-0.3, -0.25) is 4.99 Å². The van der Waals surface area contributed by atoms with Gasteiger partial charge in [-0.15, -0.1) is 0 Å². The SMILES string of the molecule is COc1cc(C=Nc2ccc([C@@H]3Nc4ccc(C)cc4[C@H]4C=CC[C@H]43)cc2)cc(Cl)c1OC. The van der Waals surface area contributed by atoms with Gasteiger partial charge >= 0.3 is 0 Å². The Kier molecular flexibility index (Phi) is 5.86. The molecule has 0 unspecified atom stereocenters. The Labute approximate surface area is 199 Å². The van der Waals surface area contributed by atoms with Gasteiger partial charge in [-0.2, -0.15) is 0 Å². The Morgan fingerprint density at radius 2 is 1.85 bits per heavy atom. The molecule has 1 aliphatic heterocycles. The van der Waals surface area contributed by atoms with Crippen molar-refractivity contribution in [2.45, 2.75) is 25.3 Å². The zero-order valence-corrected chi connectivity index (χ0v) is 19.8. The van der Waals surface area contributed by atoms with E-state index in [0.29, 0.717) is 28.4 Å². The molecule has 3 aromatic rings. The van der Waals surface area contributed by atoms with Crippen LogP contribution in [0, 0.1) is 12.8 Å². The van der Waals surface area contributed by atoms with Gasteiger partial charge in [0.05, 0.1) is 31.0 Å². The van der Waals surface area contributed by atoms with Crippen LogP contribution in [-0.4, -0.2) is 20.4 Å². The van der Waals surface area contributed by atoms with Crippen LogP contribution in [0.5, 0.6) is 11.5 Å². The number of hydrogen-bond donors (Lipinski definition) is 1. The highest BCUT2D eigenvalue weighted by atomic mass is 35.5. The minimum atomic E-state index is 0.280. The van der Waals surface area contributed by atoms with Gasteiger partial charge in [0.25, 0.3) is 0 Å². The normalized spacial score (nSPS) is 20.9. The number of rotatable bonds is 5. The Morgan fingerprint density at radius 3 is 2.61 bits per heavy atom. The first-order valence-electron chi connectivity index (χ1n) is 11.2. The highest BCUT2D eigenvalue weighted by Gasteiger charge is 2.37. The van der Waals surface area contributed by atoms with Crippen LogP contribution in [0.1, 0.15) is 40.6 Å². The van der Waals surface area contributed by atoms with Gasteiger partial charge in [-0.1, -0.05) is 53.6 Å². The Bertz CT molecular complexity index is 1230. The van der Waals surface area contributed by atoms with E-state index in [1.165, 1.54) is 22.4 Å². The number of nitrogens with zero attached hydrogens (tertiary/aromatic N) is 1. The number of hydrogen-bond acceptors (Lipinski definition) is 4. The van der Waals surface area contributed by atoms with Crippen LogP contribution in [0.25, 0.3) is 0 Å². The number of fused-ring (bicyclic) bond motifs is 3. The zero-order chi connectivity index (χ0) is 22.9. The monoisotopic (exact) mass is 458 g/mol. The number of aryl methyl sites for hydroxylation is 1. The van der Waals surface area contributed by atoms with E-state index in [0.717, 1.165) is 17.7 Å². The van der Waals surface area contributed by atoms with E-state index >= 15 is 0 Å². The van der Waals surface area contributed by atoms with Gasteiger partial charge in [0.1, 0.15) is 0 Å². The summed E-state index contributed by atoms with van der Waals surface area (Å²) in [5.74, 6) is 2.11. The largest absolute Gasteiger partial charge is 0.493 e. The molecule has 0 saturated heterocycles. The molecule has 0 fully saturated rings. The minimum absolute atomic E-state index is 0.280. The van der Waals surface area contributed by atoms with Crippen molar-refractivity contribution < 1.29 is 9.47 Å². The number of ether oxygens (including phenoxy) is 2. The molecule has 1 N–H and O–H groups in total. The second-order valence-electron chi connectivity index (χ2n) is 8.65. The van der Waals surface area contributed by atoms with Crippen LogP contribution in [0.2, 0.25) is 5.02 Å². The standard InChI is InChI=1S/C28H27ClN2O2/c1-17-7-12-25-23(13-17)21-5-4-6-22(21)27(31-25)19-8-10-20(11-9-19)30-16-18-14-24(29)28(33-3)26(15-18)32-2/h4-5,7-16,21-22,27,31H,6H2,1-3H3/t21-,22+,27-/m0/s1. The van der Waals surface area contributed by atoms with Crippen molar-refractivity contribution in [3.63, 3.8) is 0 Å². The topological polar surface area (TPSA) is 42.8 Å². The number of anilines is 1. The number of allylic oxidation sites excluding steroid dienone is 2. The van der Waals surface area contributed by atoms with E-state index in [-0.39, 0.29) is 6.04 Å². The van der Waals surface area contributed by atoms with Crippen LogP contribution < -0.4 is 14.8 Å². The van der Waals surface area contributed by atoms with Crippen LogP contribution >= 0.6 is 11.6 Å². The summed E-state index contributed by atoms with van der Waals surface area (Å²) in [4.78, 5) is 4.63. The van der Waals surface area contributed by atoms with Gasteiger partial charge in [0, 0.05) is 17.8 Å². The van der Waals surface area contributed by atoms with Crippen LogP contribution in [0.3, 0.4) is 0 Å². The van der Waals surface area contributed by atoms with Crippen LogP contribution in [-0.2, 0) is 0 Å². The minimum Gasteiger partial charge on any atom is -0.493 e. The maximum absolute atomic E-state index is 6.31. The predicted molar refractivity (Wildman–Crippen MR) is 136 cm³/mol. The first kappa shape index (κ1) is 21.6. The van der Waals surface area contributed by atoms with Gasteiger partial charge in [0.15, 0.2) is 11.5 Å². The summed E-state index contributed by atoms with van der Waals surface area (Å²) in [5.41, 5.74) is 6.99. The summed E-state index contributed by atoms with van der Waals surface area (Å²) < 4.78 is 10.7. The van der Waals surface area contributed by atoms with Crippen LogP contribution in [0.4, 0.5) is 11.4 Å². The number of methoxy groups -OCH3 is 2. The molecular weight excluding hydrogens is 432 g/mol. The quantitative estimate of drug-likeness (QED) is 0.323.